The number of carbonyl (C=O) groups excluding carboxylic acids is 2. The quantitative estimate of drug-likeness (QED) is 0.470. The molecular weight excluding hydrogens is 376 g/mol. The molecular formula is C19H19F2NO4S. The molecule has 144 valence electrons. The summed E-state index contributed by atoms with van der Waals surface area (Å²) >= 11 is 0.429. The highest BCUT2D eigenvalue weighted by atomic mass is 32.2. The van der Waals surface area contributed by atoms with Gasteiger partial charge in [0.05, 0.1) is 12.2 Å². The van der Waals surface area contributed by atoms with Crippen LogP contribution in [-0.4, -0.2) is 31.2 Å². The summed E-state index contributed by atoms with van der Waals surface area (Å²) in [5, 5.41) is 2.60. The van der Waals surface area contributed by atoms with Gasteiger partial charge >= 0.3 is 0 Å². The fourth-order valence-electron chi connectivity index (χ4n) is 2.11. The van der Waals surface area contributed by atoms with Crippen LogP contribution >= 0.6 is 11.8 Å². The molecule has 8 heteroatoms. The molecule has 27 heavy (non-hydrogen) atoms. The van der Waals surface area contributed by atoms with Gasteiger partial charge in [0.2, 0.25) is 0 Å². The van der Waals surface area contributed by atoms with Crippen LogP contribution in [0, 0.1) is 0 Å². The molecule has 2 rings (SSSR count). The molecule has 0 aromatic heterocycles. The second-order valence-corrected chi connectivity index (χ2v) is 6.47. The Hall–Kier alpha value is -2.61. The summed E-state index contributed by atoms with van der Waals surface area (Å²) in [6, 6.07) is 10.8. The average molecular weight is 395 g/mol. The van der Waals surface area contributed by atoms with Gasteiger partial charge in [-0.25, -0.2) is 0 Å². The zero-order chi connectivity index (χ0) is 19.6. The molecule has 0 radical (unpaired) electrons. The van der Waals surface area contributed by atoms with Crippen molar-refractivity contribution in [3.63, 3.8) is 0 Å². The molecule has 5 nitrogen and oxygen atoms in total. The highest BCUT2D eigenvalue weighted by molar-refractivity contribution is 7.99. The number of amides is 1. The SMILES string of the molecule is CCCOc1ccc(C=O)c(OCC(=O)Nc2ccc(SC(F)F)cc2)c1. The van der Waals surface area contributed by atoms with Gasteiger partial charge in [-0.3, -0.25) is 9.59 Å². The lowest BCUT2D eigenvalue weighted by molar-refractivity contribution is -0.118. The summed E-state index contributed by atoms with van der Waals surface area (Å²) < 4.78 is 35.5. The Bertz CT molecular complexity index is 769. The molecule has 0 aliphatic rings. The van der Waals surface area contributed by atoms with Crippen LogP contribution in [0.3, 0.4) is 0 Å². The van der Waals surface area contributed by atoms with E-state index in [4.69, 9.17) is 9.47 Å². The Labute approximate surface area is 160 Å². The minimum atomic E-state index is -2.50. The number of nitrogens with one attached hydrogen (secondary N) is 1. The van der Waals surface area contributed by atoms with Crippen LogP contribution in [0.15, 0.2) is 47.4 Å². The van der Waals surface area contributed by atoms with Gasteiger partial charge in [-0.05, 0) is 42.8 Å². The van der Waals surface area contributed by atoms with Crippen molar-refractivity contribution in [3.8, 4) is 11.5 Å². The number of hydrogen-bond donors (Lipinski definition) is 1. The van der Waals surface area contributed by atoms with E-state index in [1.165, 1.54) is 24.3 Å². The van der Waals surface area contributed by atoms with Crippen LogP contribution in [0.1, 0.15) is 23.7 Å². The Morgan fingerprint density at radius 2 is 1.93 bits per heavy atom. The lowest BCUT2D eigenvalue weighted by Crippen LogP contribution is -2.20. The van der Waals surface area contributed by atoms with E-state index < -0.39 is 11.7 Å². The average Bonchev–Trinajstić information content (AvgIpc) is 2.66. The zero-order valence-electron chi connectivity index (χ0n) is 14.6. The van der Waals surface area contributed by atoms with Crippen LogP contribution in [-0.2, 0) is 4.79 Å². The molecule has 2 aromatic carbocycles. The van der Waals surface area contributed by atoms with Crippen LogP contribution in [0.4, 0.5) is 14.5 Å². The standard InChI is InChI=1S/C19H19F2NO4S/c1-2-9-25-15-6-3-13(11-23)17(10-15)26-12-18(24)22-14-4-7-16(8-5-14)27-19(20)21/h3-8,10-11,19H,2,9,12H2,1H3,(H,22,24). The van der Waals surface area contributed by atoms with Gasteiger partial charge in [0.25, 0.3) is 11.7 Å². The molecule has 0 unspecified atom stereocenters. The van der Waals surface area contributed by atoms with Gasteiger partial charge in [-0.1, -0.05) is 18.7 Å². The summed E-state index contributed by atoms with van der Waals surface area (Å²) in [5.74, 6) is -2.15. The van der Waals surface area contributed by atoms with Crippen molar-refractivity contribution in [1.29, 1.82) is 0 Å². The van der Waals surface area contributed by atoms with E-state index in [9.17, 15) is 18.4 Å². The van der Waals surface area contributed by atoms with Crippen molar-refractivity contribution < 1.29 is 27.8 Å². The Balaban J connectivity index is 1.93. The first-order chi connectivity index (χ1) is 13.0. The van der Waals surface area contributed by atoms with Crippen molar-refractivity contribution in [2.75, 3.05) is 18.5 Å². The molecule has 2 aromatic rings. The second-order valence-electron chi connectivity index (χ2n) is 5.41. The first-order valence-electron chi connectivity index (χ1n) is 8.21. The molecule has 0 bridgehead atoms. The number of halogens is 2. The fourth-order valence-corrected chi connectivity index (χ4v) is 2.61. The smallest absolute Gasteiger partial charge is 0.288 e. The monoisotopic (exact) mass is 395 g/mol. The van der Waals surface area contributed by atoms with Crippen LogP contribution in [0.25, 0.3) is 0 Å². The highest BCUT2D eigenvalue weighted by Gasteiger charge is 2.10. The molecule has 1 amide bonds. The molecule has 0 saturated carbocycles. The number of anilines is 1. The van der Waals surface area contributed by atoms with E-state index in [1.54, 1.807) is 18.2 Å². The van der Waals surface area contributed by atoms with E-state index in [2.05, 4.69) is 5.32 Å². The van der Waals surface area contributed by atoms with Crippen molar-refractivity contribution in [3.05, 3.63) is 48.0 Å². The molecule has 1 N–H and O–H groups in total. The molecule has 0 spiro atoms. The van der Waals surface area contributed by atoms with Gasteiger partial charge in [0.15, 0.2) is 12.9 Å². The van der Waals surface area contributed by atoms with Crippen molar-refractivity contribution in [2.24, 2.45) is 0 Å². The molecule has 0 atom stereocenters. The molecule has 0 aliphatic carbocycles. The Kier molecular flexibility index (Phi) is 8.06. The van der Waals surface area contributed by atoms with Crippen LogP contribution in [0.5, 0.6) is 11.5 Å². The predicted molar refractivity (Wildman–Crippen MR) is 100 cm³/mol. The molecule has 0 aliphatic heterocycles. The Morgan fingerprint density at radius 3 is 2.56 bits per heavy atom. The van der Waals surface area contributed by atoms with Gasteiger partial charge < -0.3 is 14.8 Å². The minimum absolute atomic E-state index is 0.248. The van der Waals surface area contributed by atoms with Crippen molar-refractivity contribution >= 4 is 29.6 Å². The third-order valence-electron chi connectivity index (χ3n) is 3.31. The summed E-state index contributed by atoms with van der Waals surface area (Å²) in [6.45, 7) is 2.19. The number of alkyl halides is 2. The second kappa shape index (κ2) is 10.5. The van der Waals surface area contributed by atoms with Gasteiger partial charge in [0, 0.05) is 16.6 Å². The largest absolute Gasteiger partial charge is 0.493 e. The summed E-state index contributed by atoms with van der Waals surface area (Å²) in [4.78, 5) is 23.5. The van der Waals surface area contributed by atoms with E-state index in [-0.39, 0.29) is 12.4 Å². The van der Waals surface area contributed by atoms with E-state index >= 15 is 0 Å². The molecule has 0 saturated heterocycles. The number of hydrogen-bond acceptors (Lipinski definition) is 5. The molecule has 0 heterocycles. The van der Waals surface area contributed by atoms with Gasteiger partial charge in [-0.2, -0.15) is 8.78 Å². The highest BCUT2D eigenvalue weighted by Crippen LogP contribution is 2.26. The van der Waals surface area contributed by atoms with E-state index in [0.29, 0.717) is 46.6 Å². The summed E-state index contributed by atoms with van der Waals surface area (Å²) in [6.07, 6.45) is 1.47. The van der Waals surface area contributed by atoms with Gasteiger partial charge in [-0.15, -0.1) is 0 Å². The maximum absolute atomic E-state index is 12.3. The summed E-state index contributed by atoms with van der Waals surface area (Å²) in [7, 11) is 0. The number of carbonyl (C=O) groups is 2. The van der Waals surface area contributed by atoms with Gasteiger partial charge in [0.1, 0.15) is 11.5 Å². The topological polar surface area (TPSA) is 64.6 Å². The fraction of sp³-hybridized carbons (Fsp3) is 0.263. The zero-order valence-corrected chi connectivity index (χ0v) is 15.4. The maximum Gasteiger partial charge on any atom is 0.288 e. The van der Waals surface area contributed by atoms with E-state index in [1.807, 2.05) is 6.92 Å². The lowest BCUT2D eigenvalue weighted by atomic mass is 10.2. The first kappa shape index (κ1) is 20.7. The lowest BCUT2D eigenvalue weighted by Gasteiger charge is -2.11. The number of ether oxygens (including phenoxy) is 2. The summed E-state index contributed by atoms with van der Waals surface area (Å²) in [5.41, 5.74) is 0.762. The van der Waals surface area contributed by atoms with Crippen LogP contribution < -0.4 is 14.8 Å². The first-order valence-corrected chi connectivity index (χ1v) is 9.09. The minimum Gasteiger partial charge on any atom is -0.493 e. The number of thioether (sulfide) groups is 1. The maximum atomic E-state index is 12.3. The third-order valence-corrected chi connectivity index (χ3v) is 4.03. The van der Waals surface area contributed by atoms with Crippen LogP contribution in [0.2, 0.25) is 0 Å². The van der Waals surface area contributed by atoms with Crippen molar-refractivity contribution in [2.45, 2.75) is 24.0 Å². The normalized spacial score (nSPS) is 10.5. The Morgan fingerprint density at radius 1 is 1.19 bits per heavy atom. The number of rotatable bonds is 10. The van der Waals surface area contributed by atoms with E-state index in [0.717, 1.165) is 6.42 Å². The third kappa shape index (κ3) is 6.90. The molecule has 0 fully saturated rings. The number of aldehydes is 1. The predicted octanol–water partition coefficient (Wildman–Crippen LogP) is 4.62. The van der Waals surface area contributed by atoms with Crippen molar-refractivity contribution in [1.82, 2.24) is 0 Å². The number of benzene rings is 2.